The maximum atomic E-state index is 13.5. The summed E-state index contributed by atoms with van der Waals surface area (Å²) < 4.78 is 6.29. The van der Waals surface area contributed by atoms with Crippen LogP contribution in [0, 0.1) is 17.8 Å². The predicted molar refractivity (Wildman–Crippen MR) is 139 cm³/mol. The molecule has 3 atom stereocenters. The number of amides is 3. The second-order valence-corrected chi connectivity index (χ2v) is 10.4. The molecule has 0 aromatic carbocycles. The third-order valence-electron chi connectivity index (χ3n) is 6.88. The molecule has 1 saturated carbocycles. The molecule has 198 valence electrons. The van der Waals surface area contributed by atoms with Gasteiger partial charge in [-0.05, 0) is 39.9 Å². The quantitative estimate of drug-likeness (QED) is 0.583. The first-order chi connectivity index (χ1) is 17.2. The van der Waals surface area contributed by atoms with Crippen molar-refractivity contribution in [3.05, 3.63) is 23.4 Å². The summed E-state index contributed by atoms with van der Waals surface area (Å²) in [5.74, 6) is 6.00. The van der Waals surface area contributed by atoms with Crippen LogP contribution >= 0.6 is 0 Å². The molecule has 9 nitrogen and oxygen atoms in total. The van der Waals surface area contributed by atoms with Gasteiger partial charge in [0.05, 0.1) is 25.7 Å². The van der Waals surface area contributed by atoms with E-state index in [1.807, 2.05) is 32.8 Å². The van der Waals surface area contributed by atoms with E-state index in [1.54, 1.807) is 29.1 Å². The fourth-order valence-corrected chi connectivity index (χ4v) is 4.57. The summed E-state index contributed by atoms with van der Waals surface area (Å²) in [6.07, 6.45) is 6.78. The van der Waals surface area contributed by atoms with Gasteiger partial charge < -0.3 is 25.0 Å². The van der Waals surface area contributed by atoms with Crippen LogP contribution in [0.4, 0.5) is 4.79 Å². The number of fused-ring (bicyclic) bond motifs is 1. The molecule has 1 aliphatic heterocycles. The molecule has 1 aromatic rings. The first-order valence-corrected chi connectivity index (χ1v) is 12.9. The van der Waals surface area contributed by atoms with Crippen LogP contribution < -0.4 is 10.1 Å². The van der Waals surface area contributed by atoms with E-state index in [0.717, 1.165) is 25.7 Å². The average molecular weight is 500 g/mol. The second-order valence-electron chi connectivity index (χ2n) is 10.4. The van der Waals surface area contributed by atoms with Gasteiger partial charge in [-0.25, -0.2) is 9.78 Å². The molecule has 0 unspecified atom stereocenters. The van der Waals surface area contributed by atoms with Gasteiger partial charge in [0.15, 0.2) is 0 Å². The van der Waals surface area contributed by atoms with Gasteiger partial charge in [-0.1, -0.05) is 38.0 Å². The Morgan fingerprint density at radius 1 is 1.31 bits per heavy atom. The van der Waals surface area contributed by atoms with Crippen molar-refractivity contribution in [3.63, 3.8) is 0 Å². The van der Waals surface area contributed by atoms with Crippen molar-refractivity contribution in [2.45, 2.75) is 64.1 Å². The standard InChI is InChI=1S/C27H41N5O4/c1-19-16-32(20(2)18-33)26(34)23-14-21(10-9-13-30(3)4)15-28-25(23)36-24(19)17-31(5)27(35)29-22-11-7-6-8-12-22/h14-15,19-20,22,24,33H,6-8,11-13,16-18H2,1-5H3,(H,29,35)/t19-,20-,24-/m0/s1. The van der Waals surface area contributed by atoms with Gasteiger partial charge >= 0.3 is 6.03 Å². The Morgan fingerprint density at radius 3 is 2.69 bits per heavy atom. The molecule has 2 heterocycles. The van der Waals surface area contributed by atoms with Crippen molar-refractivity contribution < 1.29 is 19.4 Å². The molecule has 0 spiro atoms. The first-order valence-electron chi connectivity index (χ1n) is 12.9. The highest BCUT2D eigenvalue weighted by atomic mass is 16.5. The zero-order chi connectivity index (χ0) is 26.2. The van der Waals surface area contributed by atoms with Crippen LogP contribution in [-0.4, -0.2) is 102 Å². The Morgan fingerprint density at radius 2 is 2.03 bits per heavy atom. The zero-order valence-corrected chi connectivity index (χ0v) is 22.3. The van der Waals surface area contributed by atoms with Gasteiger partial charge in [0.2, 0.25) is 5.88 Å². The van der Waals surface area contributed by atoms with Gasteiger partial charge in [-0.3, -0.25) is 9.69 Å². The topological polar surface area (TPSA) is 98.2 Å². The van der Waals surface area contributed by atoms with Crippen molar-refractivity contribution in [1.29, 1.82) is 0 Å². The SMILES string of the molecule is C[C@H]1CN([C@@H](C)CO)C(=O)c2cc(C#CCN(C)C)cnc2O[C@H]1CN(C)C(=O)NC1CCCCC1. The Kier molecular flexibility index (Phi) is 9.97. The van der Waals surface area contributed by atoms with E-state index in [2.05, 4.69) is 22.1 Å². The number of ether oxygens (including phenoxy) is 1. The summed E-state index contributed by atoms with van der Waals surface area (Å²) in [4.78, 5) is 36.1. The summed E-state index contributed by atoms with van der Waals surface area (Å²) in [5, 5.41) is 13.0. The zero-order valence-electron chi connectivity index (χ0n) is 22.3. The smallest absolute Gasteiger partial charge is 0.317 e. The van der Waals surface area contributed by atoms with Crippen LogP contribution in [0.2, 0.25) is 0 Å². The number of hydrogen-bond acceptors (Lipinski definition) is 6. The second kappa shape index (κ2) is 12.9. The lowest BCUT2D eigenvalue weighted by Gasteiger charge is -2.38. The predicted octanol–water partition coefficient (Wildman–Crippen LogP) is 2.19. The summed E-state index contributed by atoms with van der Waals surface area (Å²) in [7, 11) is 5.64. The Labute approximate surface area is 215 Å². The molecule has 2 aliphatic rings. The molecule has 0 radical (unpaired) electrons. The third-order valence-corrected chi connectivity index (χ3v) is 6.88. The largest absolute Gasteiger partial charge is 0.472 e. The molecule has 1 aliphatic carbocycles. The molecule has 2 N–H and O–H groups in total. The number of carbonyl (C=O) groups excluding carboxylic acids is 2. The van der Waals surface area contributed by atoms with Crippen molar-refractivity contribution in [1.82, 2.24) is 25.0 Å². The molecule has 1 aromatic heterocycles. The van der Waals surface area contributed by atoms with Crippen LogP contribution in [0.1, 0.15) is 61.9 Å². The van der Waals surface area contributed by atoms with E-state index >= 15 is 0 Å². The lowest BCUT2D eigenvalue weighted by atomic mass is 9.96. The number of carbonyl (C=O) groups is 2. The van der Waals surface area contributed by atoms with Gasteiger partial charge in [0.25, 0.3) is 5.91 Å². The summed E-state index contributed by atoms with van der Waals surface area (Å²) in [6, 6.07) is 1.44. The van der Waals surface area contributed by atoms with Crippen molar-refractivity contribution >= 4 is 11.9 Å². The minimum atomic E-state index is -0.384. The maximum Gasteiger partial charge on any atom is 0.317 e. The average Bonchev–Trinajstić information content (AvgIpc) is 2.86. The van der Waals surface area contributed by atoms with Gasteiger partial charge in [0, 0.05) is 37.3 Å². The molecular formula is C27H41N5O4. The number of likely N-dealkylation sites (N-methyl/N-ethyl adjacent to an activating group) is 1. The first kappa shape index (κ1) is 27.8. The minimum absolute atomic E-state index is 0.0950. The maximum absolute atomic E-state index is 13.5. The lowest BCUT2D eigenvalue weighted by molar-refractivity contribution is 0.0351. The summed E-state index contributed by atoms with van der Waals surface area (Å²) >= 11 is 0. The Balaban J connectivity index is 1.83. The van der Waals surface area contributed by atoms with E-state index in [0.29, 0.717) is 30.8 Å². The van der Waals surface area contributed by atoms with Crippen molar-refractivity contribution in [3.8, 4) is 17.7 Å². The number of pyridine rings is 1. The van der Waals surface area contributed by atoms with E-state index in [-0.39, 0.29) is 48.5 Å². The van der Waals surface area contributed by atoms with Crippen LogP contribution in [0.15, 0.2) is 12.3 Å². The van der Waals surface area contributed by atoms with E-state index < -0.39 is 0 Å². The van der Waals surface area contributed by atoms with Crippen LogP contribution in [-0.2, 0) is 0 Å². The van der Waals surface area contributed by atoms with Gasteiger partial charge in [0.1, 0.15) is 11.7 Å². The molecule has 3 rings (SSSR count). The van der Waals surface area contributed by atoms with Crippen molar-refractivity contribution in [2.24, 2.45) is 5.92 Å². The minimum Gasteiger partial charge on any atom is -0.472 e. The van der Waals surface area contributed by atoms with E-state index in [4.69, 9.17) is 4.74 Å². The number of urea groups is 1. The van der Waals surface area contributed by atoms with Crippen molar-refractivity contribution in [2.75, 3.05) is 47.4 Å². The highest BCUT2D eigenvalue weighted by Crippen LogP contribution is 2.27. The summed E-state index contributed by atoms with van der Waals surface area (Å²) in [6.45, 7) is 4.98. The molecule has 3 amide bonds. The Hall–Kier alpha value is -2.83. The third kappa shape index (κ3) is 7.34. The molecule has 36 heavy (non-hydrogen) atoms. The number of aromatic nitrogens is 1. The lowest BCUT2D eigenvalue weighted by Crippen LogP contribution is -2.52. The number of nitrogens with zero attached hydrogens (tertiary/aromatic N) is 4. The van der Waals surface area contributed by atoms with Crippen LogP contribution in [0.25, 0.3) is 0 Å². The molecule has 0 saturated heterocycles. The molecule has 9 heteroatoms. The number of nitrogens with one attached hydrogen (secondary N) is 1. The molecule has 0 bridgehead atoms. The summed E-state index contributed by atoms with van der Waals surface area (Å²) in [5.41, 5.74) is 0.941. The Bertz CT molecular complexity index is 967. The van der Waals surface area contributed by atoms with Gasteiger partial charge in [-0.2, -0.15) is 0 Å². The highest BCUT2D eigenvalue weighted by molar-refractivity contribution is 5.97. The normalized spacial score (nSPS) is 21.4. The van der Waals surface area contributed by atoms with Gasteiger partial charge in [-0.15, -0.1) is 0 Å². The number of aliphatic hydroxyl groups is 1. The fraction of sp³-hybridized carbons (Fsp3) is 0.667. The molecular weight excluding hydrogens is 458 g/mol. The van der Waals surface area contributed by atoms with E-state index in [1.165, 1.54) is 6.42 Å². The molecule has 1 fully saturated rings. The number of aliphatic hydroxyl groups excluding tert-OH is 1. The van der Waals surface area contributed by atoms with E-state index in [9.17, 15) is 14.7 Å². The highest BCUT2D eigenvalue weighted by Gasteiger charge is 2.35. The fourth-order valence-electron chi connectivity index (χ4n) is 4.57. The van der Waals surface area contributed by atoms with Crippen LogP contribution in [0.5, 0.6) is 5.88 Å². The number of rotatable bonds is 6. The number of hydrogen-bond donors (Lipinski definition) is 2. The monoisotopic (exact) mass is 499 g/mol. The van der Waals surface area contributed by atoms with Crippen LogP contribution in [0.3, 0.4) is 0 Å².